The van der Waals surface area contributed by atoms with E-state index in [2.05, 4.69) is 105 Å². The van der Waals surface area contributed by atoms with Crippen molar-refractivity contribution in [1.29, 1.82) is 0 Å². The third-order valence-corrected chi connectivity index (χ3v) is 10.2. The number of imidazole rings is 2. The van der Waals surface area contributed by atoms with Gasteiger partial charge in [0.25, 0.3) is 0 Å². The predicted molar refractivity (Wildman–Crippen MR) is 209 cm³/mol. The largest absolute Gasteiger partial charge is 0.474 e. The van der Waals surface area contributed by atoms with Crippen LogP contribution in [0, 0.1) is 5.92 Å². The number of rotatable bonds is 10. The highest BCUT2D eigenvalue weighted by atomic mass is 16.5. The predicted octanol–water partition coefficient (Wildman–Crippen LogP) is 8.37. The molecule has 1 saturated heterocycles. The summed E-state index contributed by atoms with van der Waals surface area (Å²) in [7, 11) is 1.30. The lowest BCUT2D eigenvalue weighted by atomic mass is 10.0. The molecule has 0 spiro atoms. The smallest absolute Gasteiger partial charge is 0.407 e. The lowest BCUT2D eigenvalue weighted by Gasteiger charge is -2.32. The summed E-state index contributed by atoms with van der Waals surface area (Å²) in [6, 6.07) is 24.3. The first kappa shape index (κ1) is 36.5. The molecule has 0 aliphatic carbocycles. The summed E-state index contributed by atoms with van der Waals surface area (Å²) in [4.78, 5) is 46.1. The van der Waals surface area contributed by atoms with E-state index < -0.39 is 12.1 Å². The summed E-state index contributed by atoms with van der Waals surface area (Å²) >= 11 is 0. The quantitative estimate of drug-likeness (QED) is 0.123. The lowest BCUT2D eigenvalue weighted by molar-refractivity contribution is -0.135. The van der Waals surface area contributed by atoms with Crippen LogP contribution in [0.2, 0.25) is 0 Å². The number of likely N-dealkylation sites (tertiary alicyclic amines) is 1. The standard InChI is InChI=1S/C43H49N7O4/c1-26(2)37(48-42(52)53-7)41(51)49-22-10-13-36(49)39-44-23-34(46-39)30-18-14-28(15-19-30)29-16-20-31(21-17-29)35-24-45-40(47-35)38-33-12-9-8-11-32(33)25-50(38)27(3)54-43(4,5)6/h8-9,11-12,14-21,23-24,26,36-38H,3,10,13,22,25H2,1-2,4-7H3,(H,44,46)(H,45,47)(H,48,52)/t36-,37-,38?/m0/s1. The molecule has 11 heteroatoms. The van der Waals surface area contributed by atoms with Crippen LogP contribution in [0.5, 0.6) is 0 Å². The van der Waals surface area contributed by atoms with E-state index >= 15 is 0 Å². The molecule has 2 amide bonds. The Hall–Kier alpha value is -5.84. The van der Waals surface area contributed by atoms with Crippen LogP contribution in [0.1, 0.15) is 82.3 Å². The van der Waals surface area contributed by atoms with E-state index in [1.807, 2.05) is 51.9 Å². The second-order valence-electron chi connectivity index (χ2n) is 15.4. The minimum atomic E-state index is -0.674. The second kappa shape index (κ2) is 14.9. The van der Waals surface area contributed by atoms with E-state index in [1.165, 1.54) is 18.2 Å². The van der Waals surface area contributed by atoms with E-state index in [9.17, 15) is 9.59 Å². The SMILES string of the molecule is C=C(OC(C)(C)C)N1Cc2ccccc2C1c1ncc(-c2ccc(-c3ccc(-c4cnc([C@@H]5CCCN5C(=O)[C@@H](NC(=O)OC)C(C)C)[nH]4)cc3)cc2)[nH]1. The van der Waals surface area contributed by atoms with Crippen molar-refractivity contribution in [2.75, 3.05) is 13.7 Å². The molecule has 2 aromatic heterocycles. The topological polar surface area (TPSA) is 128 Å². The fraction of sp³-hybridized carbons (Fsp3) is 0.349. The summed E-state index contributed by atoms with van der Waals surface area (Å²) in [5.41, 5.74) is 8.13. The molecule has 11 nitrogen and oxygen atoms in total. The van der Waals surface area contributed by atoms with Crippen LogP contribution in [0.25, 0.3) is 33.6 Å². The first-order valence-electron chi connectivity index (χ1n) is 18.6. The highest BCUT2D eigenvalue weighted by Gasteiger charge is 2.38. The number of fused-ring (bicyclic) bond motifs is 1. The van der Waals surface area contributed by atoms with Crippen LogP contribution in [-0.4, -0.2) is 67.0 Å². The van der Waals surface area contributed by atoms with Crippen molar-refractivity contribution in [3.8, 4) is 33.6 Å². The van der Waals surface area contributed by atoms with E-state index in [-0.39, 0.29) is 29.5 Å². The van der Waals surface area contributed by atoms with Gasteiger partial charge in [-0.3, -0.25) is 4.79 Å². The molecule has 4 heterocycles. The zero-order valence-electron chi connectivity index (χ0n) is 31.8. The third-order valence-electron chi connectivity index (χ3n) is 10.2. The number of hydrogen-bond acceptors (Lipinski definition) is 7. The monoisotopic (exact) mass is 727 g/mol. The molecule has 3 N–H and O–H groups in total. The number of carbonyl (C=O) groups is 2. The number of aromatic amines is 2. The van der Waals surface area contributed by atoms with Gasteiger partial charge < -0.3 is 34.6 Å². The molecule has 280 valence electrons. The number of alkyl carbamates (subject to hydrolysis) is 1. The van der Waals surface area contributed by atoms with Crippen molar-refractivity contribution in [3.63, 3.8) is 0 Å². The van der Waals surface area contributed by atoms with Gasteiger partial charge in [-0.25, -0.2) is 14.8 Å². The Morgan fingerprint density at radius 3 is 2.02 bits per heavy atom. The Labute approximate surface area is 316 Å². The van der Waals surface area contributed by atoms with Crippen molar-refractivity contribution in [2.45, 2.75) is 77.7 Å². The maximum atomic E-state index is 13.5. The zero-order valence-corrected chi connectivity index (χ0v) is 31.8. The molecule has 5 aromatic rings. The lowest BCUT2D eigenvalue weighted by Crippen LogP contribution is -2.51. The molecule has 2 aliphatic heterocycles. The van der Waals surface area contributed by atoms with Gasteiger partial charge in [-0.2, -0.15) is 0 Å². The van der Waals surface area contributed by atoms with Crippen molar-refractivity contribution in [1.82, 2.24) is 35.1 Å². The van der Waals surface area contributed by atoms with Gasteiger partial charge in [0, 0.05) is 13.1 Å². The molecule has 0 saturated carbocycles. The third kappa shape index (κ3) is 7.48. The van der Waals surface area contributed by atoms with E-state index in [0.29, 0.717) is 19.0 Å². The van der Waals surface area contributed by atoms with Crippen LogP contribution < -0.4 is 5.32 Å². The second-order valence-corrected chi connectivity index (χ2v) is 15.4. The number of H-pyrrole nitrogens is 2. The Kier molecular flexibility index (Phi) is 10.1. The van der Waals surface area contributed by atoms with E-state index in [0.717, 1.165) is 58.1 Å². The van der Waals surface area contributed by atoms with Crippen LogP contribution in [0.4, 0.5) is 4.79 Å². The fourth-order valence-corrected chi connectivity index (χ4v) is 7.48. The zero-order chi connectivity index (χ0) is 38.1. The number of methoxy groups -OCH3 is 1. The summed E-state index contributed by atoms with van der Waals surface area (Å²) in [5.74, 6) is 2.00. The number of nitrogens with zero attached hydrogens (tertiary/aromatic N) is 4. The highest BCUT2D eigenvalue weighted by Crippen LogP contribution is 2.41. The number of carbonyl (C=O) groups excluding carboxylic acids is 2. The van der Waals surface area contributed by atoms with E-state index in [1.54, 1.807) is 0 Å². The Morgan fingerprint density at radius 1 is 0.852 bits per heavy atom. The molecule has 1 unspecified atom stereocenters. The molecule has 2 aliphatic rings. The van der Waals surface area contributed by atoms with E-state index in [4.69, 9.17) is 14.5 Å². The van der Waals surface area contributed by atoms with Gasteiger partial charge in [0.1, 0.15) is 29.3 Å². The van der Waals surface area contributed by atoms with Gasteiger partial charge in [-0.15, -0.1) is 0 Å². The average molecular weight is 728 g/mol. The Bertz CT molecular complexity index is 2130. The molecule has 3 aromatic carbocycles. The normalized spacial score (nSPS) is 17.4. The maximum Gasteiger partial charge on any atom is 0.407 e. The van der Waals surface area contributed by atoms with Crippen molar-refractivity contribution in [3.05, 3.63) is 120 Å². The van der Waals surface area contributed by atoms with Gasteiger partial charge in [0.05, 0.1) is 36.9 Å². The number of amides is 2. The summed E-state index contributed by atoms with van der Waals surface area (Å²) < 4.78 is 11.0. The van der Waals surface area contributed by atoms with Crippen LogP contribution in [0.15, 0.2) is 97.7 Å². The molecular weight excluding hydrogens is 679 g/mol. The first-order chi connectivity index (χ1) is 25.9. The molecule has 1 fully saturated rings. The number of benzene rings is 3. The maximum absolute atomic E-state index is 13.5. The van der Waals surface area contributed by atoms with Gasteiger partial charge in [0.2, 0.25) is 5.91 Å². The highest BCUT2D eigenvalue weighted by molar-refractivity contribution is 5.86. The van der Waals surface area contributed by atoms with Crippen LogP contribution in [0.3, 0.4) is 0 Å². The minimum absolute atomic E-state index is 0.0923. The Morgan fingerprint density at radius 2 is 1.43 bits per heavy atom. The number of aromatic nitrogens is 4. The average Bonchev–Trinajstić information content (AvgIpc) is 3.98. The summed E-state index contributed by atoms with van der Waals surface area (Å²) in [6.07, 6.45) is 4.76. The number of ether oxygens (including phenoxy) is 2. The first-order valence-corrected chi connectivity index (χ1v) is 18.6. The van der Waals surface area contributed by atoms with Crippen molar-refractivity contribution < 1.29 is 19.1 Å². The number of hydrogen-bond donors (Lipinski definition) is 3. The van der Waals surface area contributed by atoms with Gasteiger partial charge in [0.15, 0.2) is 5.88 Å². The fourth-order valence-electron chi connectivity index (χ4n) is 7.48. The molecule has 3 atom stereocenters. The molecular formula is C43H49N7O4. The van der Waals surface area contributed by atoms with Gasteiger partial charge in [-0.1, -0.05) is 86.6 Å². The summed E-state index contributed by atoms with van der Waals surface area (Å²) in [6.45, 7) is 15.5. The van der Waals surface area contributed by atoms with Gasteiger partial charge >= 0.3 is 6.09 Å². The molecule has 54 heavy (non-hydrogen) atoms. The van der Waals surface area contributed by atoms with Crippen molar-refractivity contribution >= 4 is 12.0 Å². The summed E-state index contributed by atoms with van der Waals surface area (Å²) in [5, 5.41) is 2.71. The van der Waals surface area contributed by atoms with Crippen LogP contribution in [-0.2, 0) is 20.8 Å². The number of nitrogens with one attached hydrogen (secondary N) is 3. The van der Waals surface area contributed by atoms with Crippen molar-refractivity contribution in [2.24, 2.45) is 5.92 Å². The molecule has 0 radical (unpaired) electrons. The molecule has 7 rings (SSSR count). The Balaban J connectivity index is 1.04. The minimum Gasteiger partial charge on any atom is -0.474 e. The van der Waals surface area contributed by atoms with Gasteiger partial charge in [-0.05, 0) is 79.5 Å². The molecule has 0 bridgehead atoms. The van der Waals surface area contributed by atoms with Crippen LogP contribution >= 0.6 is 0 Å².